The fourth-order valence-electron chi connectivity index (χ4n) is 3.89. The number of hydrogen-bond donors (Lipinski definition) is 1. The zero-order valence-corrected chi connectivity index (χ0v) is 18.8. The van der Waals surface area contributed by atoms with Gasteiger partial charge in [-0.1, -0.05) is 0 Å². The van der Waals surface area contributed by atoms with Gasteiger partial charge in [0.2, 0.25) is 5.91 Å². The third-order valence-corrected chi connectivity index (χ3v) is 5.68. The van der Waals surface area contributed by atoms with Gasteiger partial charge in [-0.05, 0) is 69.0 Å². The number of aromatic nitrogens is 4. The van der Waals surface area contributed by atoms with Gasteiger partial charge in [0.25, 0.3) is 11.1 Å². The van der Waals surface area contributed by atoms with Gasteiger partial charge in [-0.3, -0.25) is 14.4 Å². The van der Waals surface area contributed by atoms with Gasteiger partial charge in [-0.25, -0.2) is 9.36 Å². The van der Waals surface area contributed by atoms with Crippen molar-refractivity contribution in [3.05, 3.63) is 74.4 Å². The summed E-state index contributed by atoms with van der Waals surface area (Å²) in [6, 6.07) is 11.2. The first kappa shape index (κ1) is 22.4. The van der Waals surface area contributed by atoms with Crippen LogP contribution >= 0.6 is 0 Å². The molecular weight excluding hydrogens is 422 g/mol. The topological polar surface area (TPSA) is 108 Å². The normalized spacial score (nSPS) is 13.4. The summed E-state index contributed by atoms with van der Waals surface area (Å²) in [6.07, 6.45) is 2.78. The summed E-state index contributed by atoms with van der Waals surface area (Å²) >= 11 is 0. The van der Waals surface area contributed by atoms with Gasteiger partial charge in [0.1, 0.15) is 11.8 Å². The highest BCUT2D eigenvalue weighted by Crippen LogP contribution is 2.20. The molecule has 1 aliphatic carbocycles. The molecule has 0 bridgehead atoms. The van der Waals surface area contributed by atoms with Crippen molar-refractivity contribution in [3.63, 3.8) is 0 Å². The molecule has 172 valence electrons. The summed E-state index contributed by atoms with van der Waals surface area (Å²) in [5.41, 5.74) is 2.82. The van der Waals surface area contributed by atoms with E-state index in [4.69, 9.17) is 4.74 Å². The van der Waals surface area contributed by atoms with Crippen molar-refractivity contribution in [2.24, 2.45) is 0 Å². The van der Waals surface area contributed by atoms with Crippen LogP contribution in [0.5, 0.6) is 5.75 Å². The number of benzene rings is 1. The van der Waals surface area contributed by atoms with Crippen molar-refractivity contribution >= 4 is 5.91 Å². The number of carbonyl (C=O) groups excluding carboxylic acids is 1. The molecule has 4 rings (SSSR count). The van der Waals surface area contributed by atoms with E-state index in [0.717, 1.165) is 41.8 Å². The van der Waals surface area contributed by atoms with Crippen LogP contribution < -0.4 is 21.2 Å². The molecule has 1 amide bonds. The predicted molar refractivity (Wildman–Crippen MR) is 123 cm³/mol. The largest absolute Gasteiger partial charge is 0.494 e. The van der Waals surface area contributed by atoms with E-state index < -0.39 is 6.04 Å². The monoisotopic (exact) mass is 449 g/mol. The first-order valence-electron chi connectivity index (χ1n) is 11.2. The van der Waals surface area contributed by atoms with Gasteiger partial charge >= 0.3 is 0 Å². The molecule has 0 saturated heterocycles. The standard InChI is InChI=1S/C24H27N5O4/c1-3-33-19-9-7-17(8-10-19)21-11-12-22(30)29(27-21)16(2)24(32)25-13-14-28-23(31)15-18-5-4-6-20(18)26-28/h7-12,15-16H,3-6,13-14H2,1-2H3,(H,25,32). The molecule has 1 unspecified atom stereocenters. The number of amides is 1. The van der Waals surface area contributed by atoms with Crippen LogP contribution in [0.3, 0.4) is 0 Å². The summed E-state index contributed by atoms with van der Waals surface area (Å²) < 4.78 is 8.00. The smallest absolute Gasteiger partial charge is 0.267 e. The highest BCUT2D eigenvalue weighted by molar-refractivity contribution is 5.79. The van der Waals surface area contributed by atoms with E-state index in [-0.39, 0.29) is 30.1 Å². The van der Waals surface area contributed by atoms with Crippen molar-refractivity contribution in [1.29, 1.82) is 0 Å². The van der Waals surface area contributed by atoms with Crippen LogP contribution in [-0.4, -0.2) is 38.6 Å². The molecule has 9 heteroatoms. The summed E-state index contributed by atoms with van der Waals surface area (Å²) in [5, 5.41) is 11.6. The second kappa shape index (κ2) is 9.81. The Labute approximate surface area is 191 Å². The summed E-state index contributed by atoms with van der Waals surface area (Å²) in [4.78, 5) is 37.3. The maximum atomic E-state index is 12.7. The van der Waals surface area contributed by atoms with Crippen molar-refractivity contribution < 1.29 is 9.53 Å². The molecule has 0 aliphatic heterocycles. The van der Waals surface area contributed by atoms with Crippen LogP contribution in [0.1, 0.15) is 37.6 Å². The number of ether oxygens (including phenoxy) is 1. The second-order valence-corrected chi connectivity index (χ2v) is 7.96. The molecule has 1 aromatic carbocycles. The third kappa shape index (κ3) is 5.02. The van der Waals surface area contributed by atoms with E-state index in [0.29, 0.717) is 12.3 Å². The lowest BCUT2D eigenvalue weighted by atomic mass is 10.1. The number of nitrogens with zero attached hydrogens (tertiary/aromatic N) is 4. The van der Waals surface area contributed by atoms with Crippen LogP contribution in [0.4, 0.5) is 0 Å². The number of hydrogen-bond acceptors (Lipinski definition) is 6. The molecule has 9 nitrogen and oxygen atoms in total. The van der Waals surface area contributed by atoms with Crippen molar-refractivity contribution in [2.75, 3.05) is 13.2 Å². The Kier molecular flexibility index (Phi) is 6.67. The zero-order chi connectivity index (χ0) is 23.4. The molecule has 2 heterocycles. The molecule has 0 spiro atoms. The van der Waals surface area contributed by atoms with Crippen LogP contribution in [0.2, 0.25) is 0 Å². The van der Waals surface area contributed by atoms with E-state index in [2.05, 4.69) is 15.5 Å². The van der Waals surface area contributed by atoms with Gasteiger partial charge in [0.15, 0.2) is 0 Å². The Bertz CT molecular complexity index is 1260. The molecule has 1 N–H and O–H groups in total. The van der Waals surface area contributed by atoms with Crippen LogP contribution in [0.25, 0.3) is 11.3 Å². The highest BCUT2D eigenvalue weighted by Gasteiger charge is 2.19. The maximum absolute atomic E-state index is 12.7. The molecule has 1 atom stereocenters. The van der Waals surface area contributed by atoms with Crippen molar-refractivity contribution in [3.8, 4) is 17.0 Å². The fraction of sp³-hybridized carbons (Fsp3) is 0.375. The van der Waals surface area contributed by atoms with E-state index >= 15 is 0 Å². The van der Waals surface area contributed by atoms with E-state index in [9.17, 15) is 14.4 Å². The summed E-state index contributed by atoms with van der Waals surface area (Å²) in [5.74, 6) is 0.391. The molecule has 0 fully saturated rings. The SMILES string of the molecule is CCOc1ccc(-c2ccc(=O)n(C(C)C(=O)NCCn3nc4c(cc3=O)CCC4)n2)cc1. The molecular formula is C24H27N5O4. The van der Waals surface area contributed by atoms with E-state index in [1.807, 2.05) is 31.2 Å². The molecule has 3 aromatic rings. The van der Waals surface area contributed by atoms with Crippen molar-refractivity contribution in [1.82, 2.24) is 24.9 Å². The average Bonchev–Trinajstić information content (AvgIpc) is 3.27. The van der Waals surface area contributed by atoms with E-state index in [1.165, 1.54) is 15.4 Å². The lowest BCUT2D eigenvalue weighted by molar-refractivity contribution is -0.124. The lowest BCUT2D eigenvalue weighted by Gasteiger charge is -2.15. The molecule has 33 heavy (non-hydrogen) atoms. The van der Waals surface area contributed by atoms with Crippen LogP contribution in [0.15, 0.2) is 52.1 Å². The Hall–Kier alpha value is -3.75. The molecule has 1 aliphatic rings. The van der Waals surface area contributed by atoms with Crippen molar-refractivity contribution in [2.45, 2.75) is 45.7 Å². The number of aryl methyl sites for hydroxylation is 2. The van der Waals surface area contributed by atoms with Gasteiger partial charge in [0, 0.05) is 24.2 Å². The van der Waals surface area contributed by atoms with E-state index in [1.54, 1.807) is 19.1 Å². The molecule has 0 saturated carbocycles. The molecule has 0 radical (unpaired) electrons. The first-order valence-corrected chi connectivity index (χ1v) is 11.2. The van der Waals surface area contributed by atoms with Gasteiger partial charge in [0.05, 0.1) is 24.5 Å². The predicted octanol–water partition coefficient (Wildman–Crippen LogP) is 1.73. The zero-order valence-electron chi connectivity index (χ0n) is 18.8. The Morgan fingerprint density at radius 1 is 1.09 bits per heavy atom. The number of rotatable bonds is 8. The lowest BCUT2D eigenvalue weighted by Crippen LogP contribution is -2.39. The van der Waals surface area contributed by atoms with Crippen LogP contribution in [-0.2, 0) is 24.2 Å². The Morgan fingerprint density at radius 2 is 1.88 bits per heavy atom. The van der Waals surface area contributed by atoms with Gasteiger partial charge in [-0.15, -0.1) is 0 Å². The maximum Gasteiger partial charge on any atom is 0.267 e. The Balaban J connectivity index is 1.42. The highest BCUT2D eigenvalue weighted by atomic mass is 16.5. The summed E-state index contributed by atoms with van der Waals surface area (Å²) in [6.45, 7) is 4.59. The average molecular weight is 450 g/mol. The first-order chi connectivity index (χ1) is 16.0. The molecule has 2 aromatic heterocycles. The Morgan fingerprint density at radius 3 is 2.64 bits per heavy atom. The fourth-order valence-corrected chi connectivity index (χ4v) is 3.89. The minimum atomic E-state index is -0.815. The third-order valence-electron chi connectivity index (χ3n) is 5.68. The number of nitrogens with one attached hydrogen (secondary N) is 1. The minimum Gasteiger partial charge on any atom is -0.494 e. The van der Waals surface area contributed by atoms with Gasteiger partial charge in [-0.2, -0.15) is 10.2 Å². The second-order valence-electron chi connectivity index (χ2n) is 7.96. The number of fused-ring (bicyclic) bond motifs is 1. The quantitative estimate of drug-likeness (QED) is 0.561. The minimum absolute atomic E-state index is 0.168. The summed E-state index contributed by atoms with van der Waals surface area (Å²) in [7, 11) is 0. The van der Waals surface area contributed by atoms with Crippen LogP contribution in [0, 0.1) is 0 Å². The number of carbonyl (C=O) groups is 1. The van der Waals surface area contributed by atoms with Gasteiger partial charge < -0.3 is 10.1 Å².